The largest absolute Gasteiger partial charge is 0.450 e. The van der Waals surface area contributed by atoms with Crippen LogP contribution < -0.4 is 10.6 Å². The molecule has 0 aromatic carbocycles. The van der Waals surface area contributed by atoms with E-state index in [1.165, 1.54) is 70.6 Å². The van der Waals surface area contributed by atoms with E-state index in [9.17, 15) is 14.7 Å². The van der Waals surface area contributed by atoms with E-state index in [-0.39, 0.29) is 11.8 Å². The molecule has 0 radical (unpaired) electrons. The summed E-state index contributed by atoms with van der Waals surface area (Å²) in [6.07, 6.45) is 16.0. The SMILES string of the molecule is CCCCCCCCCCCCCCCOC(=O)NC(CC(C)C)C(=O)N[C@H]1CCOC1O. The molecule has 1 saturated heterocycles. The van der Waals surface area contributed by atoms with E-state index in [1.54, 1.807) is 0 Å². The molecule has 1 heterocycles. The van der Waals surface area contributed by atoms with Crippen LogP contribution in [-0.2, 0) is 14.3 Å². The molecule has 1 fully saturated rings. The highest BCUT2D eigenvalue weighted by Crippen LogP contribution is 2.14. The maximum absolute atomic E-state index is 12.6. The van der Waals surface area contributed by atoms with E-state index in [2.05, 4.69) is 17.6 Å². The second-order valence-corrected chi connectivity index (χ2v) is 9.87. The fraction of sp³-hybridized carbons (Fsp3) is 0.923. The van der Waals surface area contributed by atoms with Gasteiger partial charge in [-0.3, -0.25) is 4.79 Å². The average molecular weight is 471 g/mol. The average Bonchev–Trinajstić information content (AvgIpc) is 3.17. The van der Waals surface area contributed by atoms with Crippen molar-refractivity contribution in [2.24, 2.45) is 5.92 Å². The molecule has 0 spiro atoms. The Morgan fingerprint density at radius 1 is 0.939 bits per heavy atom. The molecule has 3 atom stereocenters. The van der Waals surface area contributed by atoms with Crippen LogP contribution in [0.25, 0.3) is 0 Å². The normalized spacial score (nSPS) is 18.9. The standard InChI is InChI=1S/C26H50N2O5/c1-4-5-6-7-8-9-10-11-12-13-14-15-16-18-33-26(31)28-23(20-21(2)3)24(29)27-22-17-19-32-25(22)30/h21-23,25,30H,4-20H2,1-3H3,(H,27,29)(H,28,31)/t22-,23?,25?/m0/s1. The van der Waals surface area contributed by atoms with Crippen LogP contribution in [0.4, 0.5) is 4.79 Å². The number of ether oxygens (including phenoxy) is 2. The van der Waals surface area contributed by atoms with Crippen LogP contribution in [0.1, 0.15) is 117 Å². The number of unbranched alkanes of at least 4 members (excludes halogenated alkanes) is 12. The Balaban J connectivity index is 2.07. The molecular weight excluding hydrogens is 420 g/mol. The quantitative estimate of drug-likeness (QED) is 0.218. The Morgan fingerprint density at radius 3 is 1.97 bits per heavy atom. The van der Waals surface area contributed by atoms with Crippen LogP contribution >= 0.6 is 0 Å². The van der Waals surface area contributed by atoms with Crippen LogP contribution in [0.3, 0.4) is 0 Å². The topological polar surface area (TPSA) is 96.9 Å². The molecule has 0 aromatic rings. The van der Waals surface area contributed by atoms with Crippen LogP contribution in [0.5, 0.6) is 0 Å². The van der Waals surface area contributed by atoms with Gasteiger partial charge in [0.15, 0.2) is 6.29 Å². The number of nitrogens with one attached hydrogen (secondary N) is 2. The monoisotopic (exact) mass is 470 g/mol. The van der Waals surface area contributed by atoms with Gasteiger partial charge in [0.2, 0.25) is 5.91 Å². The molecule has 7 heteroatoms. The van der Waals surface area contributed by atoms with E-state index in [0.717, 1.165) is 12.8 Å². The van der Waals surface area contributed by atoms with Crippen molar-refractivity contribution < 1.29 is 24.2 Å². The van der Waals surface area contributed by atoms with Gasteiger partial charge >= 0.3 is 6.09 Å². The second kappa shape index (κ2) is 19.0. The summed E-state index contributed by atoms with van der Waals surface area (Å²) < 4.78 is 10.4. The summed E-state index contributed by atoms with van der Waals surface area (Å²) in [7, 11) is 0. The van der Waals surface area contributed by atoms with E-state index in [1.807, 2.05) is 13.8 Å². The van der Waals surface area contributed by atoms with Crippen molar-refractivity contribution in [3.8, 4) is 0 Å². The first-order valence-corrected chi connectivity index (χ1v) is 13.5. The van der Waals surface area contributed by atoms with Gasteiger partial charge in [-0.2, -0.15) is 0 Å². The number of carbonyl (C=O) groups excluding carboxylic acids is 2. The zero-order valence-corrected chi connectivity index (χ0v) is 21.4. The summed E-state index contributed by atoms with van der Waals surface area (Å²) in [5.41, 5.74) is 0. The minimum atomic E-state index is -0.990. The lowest BCUT2D eigenvalue weighted by Crippen LogP contribution is -2.52. The van der Waals surface area contributed by atoms with Crippen molar-refractivity contribution in [3.05, 3.63) is 0 Å². The Morgan fingerprint density at radius 2 is 1.48 bits per heavy atom. The molecule has 1 aliphatic rings. The molecule has 2 amide bonds. The van der Waals surface area contributed by atoms with Crippen LogP contribution in [0, 0.1) is 5.92 Å². The van der Waals surface area contributed by atoms with Gasteiger partial charge in [0.05, 0.1) is 19.3 Å². The van der Waals surface area contributed by atoms with Crippen molar-refractivity contribution in [3.63, 3.8) is 0 Å². The molecule has 7 nitrogen and oxygen atoms in total. The van der Waals surface area contributed by atoms with Gasteiger partial charge in [-0.1, -0.05) is 97.8 Å². The number of alkyl carbamates (subject to hydrolysis) is 1. The van der Waals surface area contributed by atoms with Gasteiger partial charge in [0, 0.05) is 0 Å². The van der Waals surface area contributed by atoms with Gasteiger partial charge in [0.25, 0.3) is 0 Å². The number of aliphatic hydroxyl groups excluding tert-OH is 1. The lowest BCUT2D eigenvalue weighted by Gasteiger charge is -2.23. The van der Waals surface area contributed by atoms with E-state index in [0.29, 0.717) is 26.1 Å². The lowest BCUT2D eigenvalue weighted by molar-refractivity contribution is -0.127. The van der Waals surface area contributed by atoms with Crippen molar-refractivity contribution in [2.75, 3.05) is 13.2 Å². The third-order valence-electron chi connectivity index (χ3n) is 6.19. The first-order valence-electron chi connectivity index (χ1n) is 13.5. The Labute approximate surface area is 201 Å². The molecule has 3 N–H and O–H groups in total. The molecule has 0 aliphatic carbocycles. The Kier molecular flexibility index (Phi) is 17.1. The van der Waals surface area contributed by atoms with Gasteiger partial charge in [-0.15, -0.1) is 0 Å². The zero-order chi connectivity index (χ0) is 24.3. The second-order valence-electron chi connectivity index (χ2n) is 9.87. The van der Waals surface area contributed by atoms with Crippen molar-refractivity contribution in [2.45, 2.75) is 135 Å². The number of hydrogen-bond acceptors (Lipinski definition) is 5. The van der Waals surface area contributed by atoms with Gasteiger partial charge in [0.1, 0.15) is 6.04 Å². The predicted octanol–water partition coefficient (Wildman–Crippen LogP) is 5.44. The highest BCUT2D eigenvalue weighted by atomic mass is 16.6. The lowest BCUT2D eigenvalue weighted by atomic mass is 10.0. The third-order valence-corrected chi connectivity index (χ3v) is 6.19. The van der Waals surface area contributed by atoms with E-state index < -0.39 is 24.5 Å². The Hall–Kier alpha value is -1.34. The zero-order valence-electron chi connectivity index (χ0n) is 21.4. The predicted molar refractivity (Wildman–Crippen MR) is 132 cm³/mol. The molecule has 1 rings (SSSR count). The highest BCUT2D eigenvalue weighted by Gasteiger charge is 2.31. The fourth-order valence-electron chi connectivity index (χ4n) is 4.17. The summed E-state index contributed by atoms with van der Waals surface area (Å²) in [5.74, 6) is -0.0805. The molecule has 2 unspecified atom stereocenters. The number of aliphatic hydroxyl groups is 1. The number of carbonyl (C=O) groups is 2. The number of hydrogen-bond donors (Lipinski definition) is 3. The summed E-state index contributed by atoms with van der Waals surface area (Å²) in [6, 6.07) is -1.12. The molecule has 194 valence electrons. The van der Waals surface area contributed by atoms with Crippen LogP contribution in [0.15, 0.2) is 0 Å². The molecule has 1 aliphatic heterocycles. The smallest absolute Gasteiger partial charge is 0.407 e. The summed E-state index contributed by atoms with van der Waals surface area (Å²) in [5, 5.41) is 15.2. The minimum Gasteiger partial charge on any atom is -0.450 e. The van der Waals surface area contributed by atoms with Gasteiger partial charge in [-0.25, -0.2) is 4.79 Å². The van der Waals surface area contributed by atoms with Gasteiger partial charge < -0.3 is 25.2 Å². The van der Waals surface area contributed by atoms with E-state index in [4.69, 9.17) is 9.47 Å². The minimum absolute atomic E-state index is 0.229. The Bertz CT molecular complexity index is 515. The number of amides is 2. The van der Waals surface area contributed by atoms with Crippen LogP contribution in [0.2, 0.25) is 0 Å². The van der Waals surface area contributed by atoms with E-state index >= 15 is 0 Å². The van der Waals surface area contributed by atoms with Crippen molar-refractivity contribution >= 4 is 12.0 Å². The molecule has 0 saturated carbocycles. The maximum atomic E-state index is 12.6. The summed E-state index contributed by atoms with van der Waals surface area (Å²) in [4.78, 5) is 24.7. The highest BCUT2D eigenvalue weighted by molar-refractivity contribution is 5.85. The molecule has 0 aromatic heterocycles. The number of rotatable bonds is 19. The maximum Gasteiger partial charge on any atom is 0.407 e. The summed E-state index contributed by atoms with van der Waals surface area (Å²) >= 11 is 0. The third kappa shape index (κ3) is 15.2. The molecular formula is C26H50N2O5. The molecule has 0 bridgehead atoms. The molecule has 33 heavy (non-hydrogen) atoms. The first kappa shape index (κ1) is 29.7. The first-order chi connectivity index (χ1) is 15.9. The van der Waals surface area contributed by atoms with Crippen LogP contribution in [-0.4, -0.2) is 48.7 Å². The van der Waals surface area contributed by atoms with Crippen molar-refractivity contribution in [1.82, 2.24) is 10.6 Å². The summed E-state index contributed by atoms with van der Waals surface area (Å²) in [6.45, 7) is 7.03. The van der Waals surface area contributed by atoms with Gasteiger partial charge in [-0.05, 0) is 25.2 Å². The van der Waals surface area contributed by atoms with Crippen molar-refractivity contribution in [1.29, 1.82) is 0 Å². The fourth-order valence-corrected chi connectivity index (χ4v) is 4.17.